The van der Waals surface area contributed by atoms with Crippen molar-refractivity contribution in [2.24, 2.45) is 0 Å². The van der Waals surface area contributed by atoms with Crippen molar-refractivity contribution in [1.82, 2.24) is 10.2 Å². The molecule has 0 aromatic heterocycles. The minimum absolute atomic E-state index is 0.187. The van der Waals surface area contributed by atoms with Gasteiger partial charge in [-0.05, 0) is 23.3 Å². The number of hydrogen-bond donors (Lipinski definition) is 2. The van der Waals surface area contributed by atoms with Crippen LogP contribution in [0.3, 0.4) is 0 Å². The fraction of sp³-hybridized carbons (Fsp3) is 0.368. The Kier molecular flexibility index (Phi) is 3.94. The molecule has 2 N–H and O–H groups in total. The van der Waals surface area contributed by atoms with E-state index in [-0.39, 0.29) is 11.9 Å². The first-order valence-corrected chi connectivity index (χ1v) is 8.63. The predicted octanol–water partition coefficient (Wildman–Crippen LogP) is 0.479. The molecular weight excluding hydrogens is 318 g/mol. The van der Waals surface area contributed by atoms with Gasteiger partial charge in [0.25, 0.3) is 5.91 Å². The smallest absolute Gasteiger partial charge is 0.329 e. The number of quaternary nitrogens is 1. The van der Waals surface area contributed by atoms with E-state index in [1.54, 1.807) is 6.92 Å². The number of ether oxygens (including phenoxy) is 1. The number of hydrogen-bond acceptors (Lipinski definition) is 3. The number of amides is 3. The molecule has 25 heavy (non-hydrogen) atoms. The number of morpholine rings is 1. The highest BCUT2D eigenvalue weighted by atomic mass is 16.5. The highest BCUT2D eigenvalue weighted by Crippen LogP contribution is 2.33. The molecule has 0 saturated carbocycles. The standard InChI is InChI=1S/C19H21N3O3/c1-19(16-8-4-6-14-5-2-3-7-15(14)16)17(23)22(18(24)20-19)13-21-9-11-25-12-10-21/h2-8H,9-13H2,1H3,(H,20,24)/p+1/t19-/m0/s1. The Morgan fingerprint density at radius 1 is 1.12 bits per heavy atom. The van der Waals surface area contributed by atoms with Gasteiger partial charge in [0, 0.05) is 0 Å². The zero-order valence-corrected chi connectivity index (χ0v) is 14.2. The normalized spacial score (nSPS) is 24.8. The fourth-order valence-electron chi connectivity index (χ4n) is 3.73. The van der Waals surface area contributed by atoms with Crippen LogP contribution in [-0.4, -0.2) is 49.8 Å². The molecule has 0 spiro atoms. The molecule has 0 unspecified atom stereocenters. The number of nitrogens with zero attached hydrogens (tertiary/aromatic N) is 1. The van der Waals surface area contributed by atoms with Crippen LogP contribution in [0.15, 0.2) is 42.5 Å². The number of fused-ring (bicyclic) bond motifs is 1. The minimum Gasteiger partial charge on any atom is -0.370 e. The molecule has 6 heteroatoms. The van der Waals surface area contributed by atoms with E-state index in [1.165, 1.54) is 9.80 Å². The van der Waals surface area contributed by atoms with Crippen LogP contribution in [0.2, 0.25) is 0 Å². The second-order valence-corrected chi connectivity index (χ2v) is 6.84. The van der Waals surface area contributed by atoms with Gasteiger partial charge in [-0.25, -0.2) is 9.69 Å². The van der Waals surface area contributed by atoms with Crippen LogP contribution >= 0.6 is 0 Å². The highest BCUT2D eigenvalue weighted by molar-refractivity contribution is 6.09. The first-order valence-electron chi connectivity index (χ1n) is 8.63. The third-order valence-corrected chi connectivity index (χ3v) is 5.18. The fourth-order valence-corrected chi connectivity index (χ4v) is 3.73. The number of carbonyl (C=O) groups is 2. The SMILES string of the molecule is C[C@@]1(c2cccc3ccccc23)NC(=O)N(C[NH+]2CCOCC2)C1=O. The Labute approximate surface area is 146 Å². The molecule has 130 valence electrons. The molecule has 2 fully saturated rings. The number of benzene rings is 2. The highest BCUT2D eigenvalue weighted by Gasteiger charge is 2.50. The van der Waals surface area contributed by atoms with Crippen molar-refractivity contribution in [3.05, 3.63) is 48.0 Å². The summed E-state index contributed by atoms with van der Waals surface area (Å²) in [5, 5.41) is 4.96. The third-order valence-electron chi connectivity index (χ3n) is 5.18. The summed E-state index contributed by atoms with van der Waals surface area (Å²) in [5.74, 6) is -0.187. The molecule has 2 heterocycles. The molecule has 2 aromatic carbocycles. The van der Waals surface area contributed by atoms with E-state index in [1.807, 2.05) is 42.5 Å². The van der Waals surface area contributed by atoms with Gasteiger partial charge in [0.05, 0.1) is 13.2 Å². The maximum atomic E-state index is 13.2. The molecule has 2 aromatic rings. The van der Waals surface area contributed by atoms with Crippen molar-refractivity contribution in [3.8, 4) is 0 Å². The number of carbonyl (C=O) groups excluding carboxylic acids is 2. The lowest BCUT2D eigenvalue weighted by atomic mass is 9.88. The van der Waals surface area contributed by atoms with Crippen LogP contribution in [0.25, 0.3) is 10.8 Å². The van der Waals surface area contributed by atoms with Crippen molar-refractivity contribution in [3.63, 3.8) is 0 Å². The van der Waals surface area contributed by atoms with Crippen molar-refractivity contribution in [2.75, 3.05) is 33.0 Å². The van der Waals surface area contributed by atoms with Crippen molar-refractivity contribution in [2.45, 2.75) is 12.5 Å². The molecule has 0 aliphatic carbocycles. The quantitative estimate of drug-likeness (QED) is 0.799. The van der Waals surface area contributed by atoms with E-state index in [9.17, 15) is 9.59 Å². The molecule has 4 rings (SSSR count). The van der Waals surface area contributed by atoms with Crippen molar-refractivity contribution >= 4 is 22.7 Å². The van der Waals surface area contributed by atoms with E-state index >= 15 is 0 Å². The molecule has 0 bridgehead atoms. The van der Waals surface area contributed by atoms with Crippen LogP contribution in [0.1, 0.15) is 12.5 Å². The van der Waals surface area contributed by atoms with Crippen molar-refractivity contribution < 1.29 is 19.2 Å². The minimum atomic E-state index is -1.04. The zero-order chi connectivity index (χ0) is 17.4. The number of nitrogens with one attached hydrogen (secondary N) is 2. The summed E-state index contributed by atoms with van der Waals surface area (Å²) in [6.07, 6.45) is 0. The summed E-state index contributed by atoms with van der Waals surface area (Å²) in [5.41, 5.74) is -0.202. The van der Waals surface area contributed by atoms with E-state index in [0.717, 1.165) is 29.4 Å². The Hall–Kier alpha value is -2.44. The summed E-state index contributed by atoms with van der Waals surface area (Å²) in [4.78, 5) is 28.2. The van der Waals surface area contributed by atoms with Crippen LogP contribution in [0.4, 0.5) is 4.79 Å². The molecule has 2 aliphatic heterocycles. The molecule has 1 atom stereocenters. The lowest BCUT2D eigenvalue weighted by molar-refractivity contribution is -0.915. The average molecular weight is 340 g/mol. The van der Waals surface area contributed by atoms with Gasteiger partial charge in [-0.3, -0.25) is 4.79 Å². The van der Waals surface area contributed by atoms with Crippen LogP contribution < -0.4 is 10.2 Å². The Morgan fingerprint density at radius 3 is 2.64 bits per heavy atom. The van der Waals surface area contributed by atoms with Crippen LogP contribution in [0.5, 0.6) is 0 Å². The molecule has 6 nitrogen and oxygen atoms in total. The first kappa shape index (κ1) is 16.1. The average Bonchev–Trinajstić information content (AvgIpc) is 2.86. The summed E-state index contributed by atoms with van der Waals surface area (Å²) in [6, 6.07) is 13.5. The zero-order valence-electron chi connectivity index (χ0n) is 14.2. The lowest BCUT2D eigenvalue weighted by Gasteiger charge is -2.27. The topological polar surface area (TPSA) is 63.1 Å². The summed E-state index contributed by atoms with van der Waals surface area (Å²) < 4.78 is 5.35. The number of imide groups is 1. The maximum Gasteiger partial charge on any atom is 0.329 e. The summed E-state index contributed by atoms with van der Waals surface area (Å²) in [7, 11) is 0. The maximum absolute atomic E-state index is 13.2. The second-order valence-electron chi connectivity index (χ2n) is 6.84. The third kappa shape index (κ3) is 2.67. The van der Waals surface area contributed by atoms with E-state index < -0.39 is 5.54 Å². The predicted molar refractivity (Wildman–Crippen MR) is 93.1 cm³/mol. The van der Waals surface area contributed by atoms with Crippen molar-refractivity contribution in [1.29, 1.82) is 0 Å². The van der Waals surface area contributed by atoms with Gasteiger partial charge in [0.15, 0.2) is 6.67 Å². The Balaban J connectivity index is 1.67. The number of rotatable bonds is 3. The first-order chi connectivity index (χ1) is 12.1. The van der Waals surface area contributed by atoms with Crippen LogP contribution in [0, 0.1) is 0 Å². The van der Waals surface area contributed by atoms with E-state index in [4.69, 9.17) is 4.74 Å². The van der Waals surface area contributed by atoms with Gasteiger partial charge in [0.1, 0.15) is 18.6 Å². The van der Waals surface area contributed by atoms with E-state index in [0.29, 0.717) is 19.9 Å². The molecule has 2 saturated heterocycles. The van der Waals surface area contributed by atoms with Gasteiger partial charge in [-0.1, -0.05) is 42.5 Å². The van der Waals surface area contributed by atoms with Gasteiger partial charge < -0.3 is 15.0 Å². The monoisotopic (exact) mass is 340 g/mol. The Morgan fingerprint density at radius 2 is 1.84 bits per heavy atom. The van der Waals surface area contributed by atoms with Gasteiger partial charge in [-0.2, -0.15) is 0 Å². The molecule has 0 radical (unpaired) electrons. The summed E-state index contributed by atoms with van der Waals surface area (Å²) >= 11 is 0. The van der Waals surface area contributed by atoms with Crippen LogP contribution in [-0.2, 0) is 15.1 Å². The molecule has 2 aliphatic rings. The Bertz CT molecular complexity index is 826. The molecule has 3 amide bonds. The largest absolute Gasteiger partial charge is 0.370 e. The lowest BCUT2D eigenvalue weighted by Crippen LogP contribution is -3.15. The van der Waals surface area contributed by atoms with Gasteiger partial charge in [0.2, 0.25) is 0 Å². The number of urea groups is 1. The molecular formula is C19H22N3O3+. The summed E-state index contributed by atoms with van der Waals surface area (Å²) in [6.45, 7) is 5.13. The van der Waals surface area contributed by atoms with Gasteiger partial charge in [-0.15, -0.1) is 0 Å². The van der Waals surface area contributed by atoms with Gasteiger partial charge >= 0.3 is 6.03 Å². The van der Waals surface area contributed by atoms with E-state index in [2.05, 4.69) is 5.32 Å². The second kappa shape index (κ2) is 6.13.